The molecular formula is C10H13N4NaO6S2. The molecule has 13 heteroatoms. The zero-order valence-corrected chi connectivity index (χ0v) is 16.3. The monoisotopic (exact) mass is 372 g/mol. The molecule has 10 nitrogen and oxygen atoms in total. The number of carbonyl (C=O) groups is 2. The maximum Gasteiger partial charge on any atom is 1.00 e. The second-order valence-corrected chi connectivity index (χ2v) is 6.67. The standard InChI is InChI=1S/C10H14N4O6S2.Na/c1-6(16)11-10-12-7-3-13(2)4-8(9(7)21-10)14(5-15)20-22(17,18)19;/h5,8H,3-4H2,1-2H3,(H,11,12,16)(H,17,18,19);/q;+1/p-1. The molecule has 23 heavy (non-hydrogen) atoms. The van der Waals surface area contributed by atoms with E-state index in [1.807, 2.05) is 0 Å². The van der Waals surface area contributed by atoms with E-state index in [1.54, 1.807) is 11.9 Å². The molecule has 1 atom stereocenters. The second kappa shape index (κ2) is 7.98. The minimum atomic E-state index is -5.08. The number of rotatable bonds is 5. The maximum atomic E-state index is 11.1. The molecule has 0 fully saturated rings. The molecule has 2 rings (SSSR count). The largest absolute Gasteiger partial charge is 1.00 e. The Kier molecular flexibility index (Phi) is 7.10. The molecule has 0 bridgehead atoms. The molecule has 0 spiro atoms. The van der Waals surface area contributed by atoms with Crippen molar-refractivity contribution in [2.45, 2.75) is 19.5 Å². The number of fused-ring (bicyclic) bond motifs is 1. The zero-order valence-electron chi connectivity index (χ0n) is 12.7. The van der Waals surface area contributed by atoms with E-state index >= 15 is 0 Å². The van der Waals surface area contributed by atoms with Crippen LogP contribution in [0.3, 0.4) is 0 Å². The normalized spacial score (nSPS) is 17.8. The van der Waals surface area contributed by atoms with E-state index in [2.05, 4.69) is 14.6 Å². The van der Waals surface area contributed by atoms with Gasteiger partial charge in [0.25, 0.3) is 0 Å². The number of thiazole rings is 1. The van der Waals surface area contributed by atoms with Gasteiger partial charge in [0.15, 0.2) is 5.13 Å². The van der Waals surface area contributed by atoms with Gasteiger partial charge in [0.1, 0.15) is 6.04 Å². The fraction of sp³-hybridized carbons (Fsp3) is 0.500. The topological polar surface area (TPSA) is 132 Å². The Hall–Kier alpha value is -0.600. The van der Waals surface area contributed by atoms with Crippen molar-refractivity contribution in [3.63, 3.8) is 0 Å². The molecule has 0 radical (unpaired) electrons. The van der Waals surface area contributed by atoms with Gasteiger partial charge in [-0.3, -0.25) is 14.5 Å². The van der Waals surface area contributed by atoms with Gasteiger partial charge in [-0.1, -0.05) is 11.3 Å². The quantitative estimate of drug-likeness (QED) is 0.185. The summed E-state index contributed by atoms with van der Waals surface area (Å²) < 4.78 is 36.3. The van der Waals surface area contributed by atoms with Gasteiger partial charge in [0.2, 0.25) is 22.7 Å². The van der Waals surface area contributed by atoms with E-state index in [4.69, 9.17) is 0 Å². The number of hydroxylamine groups is 2. The van der Waals surface area contributed by atoms with Crippen LogP contribution in [-0.2, 0) is 30.8 Å². The van der Waals surface area contributed by atoms with Crippen molar-refractivity contribution in [2.24, 2.45) is 0 Å². The molecule has 2 amide bonds. The molecule has 1 aromatic heterocycles. The van der Waals surface area contributed by atoms with Crippen molar-refractivity contribution >= 4 is 39.2 Å². The van der Waals surface area contributed by atoms with E-state index in [0.29, 0.717) is 27.3 Å². The summed E-state index contributed by atoms with van der Waals surface area (Å²) in [4.78, 5) is 28.7. The smallest absolute Gasteiger partial charge is 0.724 e. The van der Waals surface area contributed by atoms with E-state index < -0.39 is 16.4 Å². The van der Waals surface area contributed by atoms with Gasteiger partial charge in [-0.15, -0.1) is 0 Å². The summed E-state index contributed by atoms with van der Waals surface area (Å²) in [5, 5.41) is 3.30. The van der Waals surface area contributed by atoms with Crippen LogP contribution in [0.15, 0.2) is 0 Å². The minimum Gasteiger partial charge on any atom is -0.724 e. The molecule has 0 aromatic carbocycles. The number of amides is 2. The Balaban J connectivity index is 0.00000264. The first-order valence-corrected chi connectivity index (χ1v) is 8.19. The van der Waals surface area contributed by atoms with Gasteiger partial charge in [-0.05, 0) is 7.05 Å². The minimum absolute atomic E-state index is 0. The fourth-order valence-electron chi connectivity index (χ4n) is 2.08. The van der Waals surface area contributed by atoms with Crippen LogP contribution in [0.5, 0.6) is 0 Å². The Morgan fingerprint density at radius 2 is 2.26 bits per heavy atom. The summed E-state index contributed by atoms with van der Waals surface area (Å²) >= 11 is 1.10. The second-order valence-electron chi connectivity index (χ2n) is 4.67. The summed E-state index contributed by atoms with van der Waals surface area (Å²) in [5.74, 6) is -0.304. The average molecular weight is 372 g/mol. The number of hydrogen-bond donors (Lipinski definition) is 1. The summed E-state index contributed by atoms with van der Waals surface area (Å²) in [7, 11) is -3.34. The maximum absolute atomic E-state index is 11.1. The van der Waals surface area contributed by atoms with Crippen molar-refractivity contribution < 1.29 is 56.4 Å². The zero-order chi connectivity index (χ0) is 16.5. The summed E-state index contributed by atoms with van der Waals surface area (Å²) in [6, 6.07) is -0.810. The van der Waals surface area contributed by atoms with Crippen LogP contribution in [0.1, 0.15) is 23.5 Å². The number of nitrogens with zero attached hydrogens (tertiary/aromatic N) is 3. The first kappa shape index (κ1) is 20.4. The number of nitrogens with one attached hydrogen (secondary N) is 1. The van der Waals surface area contributed by atoms with E-state index in [-0.39, 0.29) is 48.4 Å². The number of hydrogen-bond acceptors (Lipinski definition) is 9. The molecule has 122 valence electrons. The molecule has 1 aromatic rings. The summed E-state index contributed by atoms with van der Waals surface area (Å²) in [6.45, 7) is 2.04. The first-order chi connectivity index (χ1) is 10.2. The number of carbonyl (C=O) groups excluding carboxylic acids is 2. The van der Waals surface area contributed by atoms with Gasteiger partial charge in [0, 0.05) is 20.0 Å². The van der Waals surface area contributed by atoms with Gasteiger partial charge in [-0.25, -0.2) is 13.4 Å². The Labute approximate surface area is 159 Å². The predicted octanol–water partition coefficient (Wildman–Crippen LogP) is -3.56. The molecule has 0 aliphatic carbocycles. The Morgan fingerprint density at radius 3 is 2.78 bits per heavy atom. The molecular weight excluding hydrogens is 359 g/mol. The third kappa shape index (κ3) is 5.46. The van der Waals surface area contributed by atoms with E-state index in [0.717, 1.165) is 11.3 Å². The molecule has 1 aliphatic rings. The predicted molar refractivity (Wildman–Crippen MR) is 74.2 cm³/mol. The molecule has 0 saturated carbocycles. The van der Waals surface area contributed by atoms with Gasteiger partial charge in [-0.2, -0.15) is 9.35 Å². The first-order valence-electron chi connectivity index (χ1n) is 6.04. The van der Waals surface area contributed by atoms with Crippen LogP contribution in [0.25, 0.3) is 0 Å². The Bertz CT molecular complexity index is 694. The van der Waals surface area contributed by atoms with Crippen LogP contribution in [-0.4, -0.2) is 53.8 Å². The van der Waals surface area contributed by atoms with E-state index in [1.165, 1.54) is 6.92 Å². The molecule has 0 saturated heterocycles. The molecule has 1 unspecified atom stereocenters. The van der Waals surface area contributed by atoms with Crippen LogP contribution >= 0.6 is 11.3 Å². The van der Waals surface area contributed by atoms with Crippen molar-refractivity contribution in [1.29, 1.82) is 0 Å². The molecule has 2 heterocycles. The van der Waals surface area contributed by atoms with Gasteiger partial charge in [0.05, 0.1) is 10.6 Å². The fourth-order valence-corrected chi connectivity index (χ4v) is 3.54. The summed E-state index contributed by atoms with van der Waals surface area (Å²) in [5.41, 5.74) is 0.575. The van der Waals surface area contributed by atoms with Crippen molar-refractivity contribution in [3.8, 4) is 0 Å². The van der Waals surface area contributed by atoms with E-state index in [9.17, 15) is 22.6 Å². The molecule has 1 N–H and O–H groups in total. The van der Waals surface area contributed by atoms with Gasteiger partial charge < -0.3 is 9.87 Å². The van der Waals surface area contributed by atoms with Crippen molar-refractivity contribution in [3.05, 3.63) is 10.6 Å². The van der Waals surface area contributed by atoms with Gasteiger partial charge >= 0.3 is 29.6 Å². The number of anilines is 1. The third-order valence-corrected chi connectivity index (χ3v) is 4.27. The van der Waals surface area contributed by atoms with Crippen LogP contribution in [0.2, 0.25) is 0 Å². The van der Waals surface area contributed by atoms with Crippen LogP contribution < -0.4 is 34.9 Å². The van der Waals surface area contributed by atoms with Crippen molar-refractivity contribution in [1.82, 2.24) is 14.9 Å². The SMILES string of the molecule is CC(=O)Nc1nc2c(s1)C(N(C=O)OS(=O)(=O)[O-])CN(C)C2.[Na+]. The summed E-state index contributed by atoms with van der Waals surface area (Å²) in [6.07, 6.45) is 0.126. The molecule has 1 aliphatic heterocycles. The number of likely N-dealkylation sites (N-methyl/N-ethyl adjacent to an activating group) is 1. The average Bonchev–Trinajstić information content (AvgIpc) is 2.74. The Morgan fingerprint density at radius 1 is 1.61 bits per heavy atom. The number of aromatic nitrogens is 1. The third-order valence-electron chi connectivity index (χ3n) is 2.81. The van der Waals surface area contributed by atoms with Crippen LogP contribution in [0, 0.1) is 0 Å². The van der Waals surface area contributed by atoms with Crippen LogP contribution in [0.4, 0.5) is 5.13 Å². The van der Waals surface area contributed by atoms with Crippen molar-refractivity contribution in [2.75, 3.05) is 18.9 Å².